The molecule has 1 aromatic heterocycles. The molecule has 0 bridgehead atoms. The molecule has 1 N–H and O–H groups in total. The van der Waals surface area contributed by atoms with Gasteiger partial charge in [0.05, 0.1) is 27.4 Å². The zero-order chi connectivity index (χ0) is 23.1. The molecule has 9 heteroatoms. The van der Waals surface area contributed by atoms with Crippen LogP contribution in [0.1, 0.15) is 37.3 Å². The van der Waals surface area contributed by atoms with E-state index < -0.39 is 0 Å². The minimum atomic E-state index is -0.329. The van der Waals surface area contributed by atoms with Crippen molar-refractivity contribution in [2.45, 2.75) is 32.2 Å². The molecule has 0 saturated carbocycles. The monoisotopic (exact) mass is 443 g/mol. The standard InChI is InChI=1S/C23H26FN3O5/c1-14(16-12-18(29-2)22(31-4)19(13-16)30-3)25-20(28)6-5-7-21-26-23(27-32-21)15-8-10-17(24)11-9-15/h8-14H,5-7H2,1-4H3,(H,25,28). The summed E-state index contributed by atoms with van der Waals surface area (Å²) < 4.78 is 34.3. The molecule has 3 aromatic rings. The summed E-state index contributed by atoms with van der Waals surface area (Å²) in [4.78, 5) is 16.7. The van der Waals surface area contributed by atoms with Gasteiger partial charge >= 0.3 is 0 Å². The predicted octanol–water partition coefficient (Wildman–Crippen LogP) is 4.10. The van der Waals surface area contributed by atoms with Gasteiger partial charge in [-0.05, 0) is 55.3 Å². The van der Waals surface area contributed by atoms with Crippen molar-refractivity contribution < 1.29 is 27.9 Å². The highest BCUT2D eigenvalue weighted by atomic mass is 19.1. The number of nitrogens with zero attached hydrogens (tertiary/aromatic N) is 2. The third-order valence-electron chi connectivity index (χ3n) is 4.93. The fourth-order valence-corrected chi connectivity index (χ4v) is 3.22. The molecular weight excluding hydrogens is 417 g/mol. The van der Waals surface area contributed by atoms with Crippen molar-refractivity contribution in [1.82, 2.24) is 15.5 Å². The average molecular weight is 443 g/mol. The van der Waals surface area contributed by atoms with Gasteiger partial charge in [-0.25, -0.2) is 4.39 Å². The van der Waals surface area contributed by atoms with Crippen LogP contribution in [0.5, 0.6) is 17.2 Å². The first-order chi connectivity index (χ1) is 15.4. The van der Waals surface area contributed by atoms with E-state index in [1.807, 2.05) is 19.1 Å². The van der Waals surface area contributed by atoms with E-state index in [0.29, 0.717) is 53.8 Å². The highest BCUT2D eigenvalue weighted by Gasteiger charge is 2.18. The first-order valence-corrected chi connectivity index (χ1v) is 10.1. The molecule has 2 aromatic carbocycles. The van der Waals surface area contributed by atoms with Crippen LogP contribution in [0.2, 0.25) is 0 Å². The second-order valence-corrected chi connectivity index (χ2v) is 7.12. The maximum absolute atomic E-state index is 13.0. The van der Waals surface area contributed by atoms with Crippen molar-refractivity contribution >= 4 is 5.91 Å². The van der Waals surface area contributed by atoms with Crippen molar-refractivity contribution in [2.75, 3.05) is 21.3 Å². The summed E-state index contributed by atoms with van der Waals surface area (Å²) >= 11 is 0. The van der Waals surface area contributed by atoms with Gasteiger partial charge in [-0.1, -0.05) is 5.16 Å². The average Bonchev–Trinajstić information content (AvgIpc) is 3.27. The van der Waals surface area contributed by atoms with Crippen LogP contribution < -0.4 is 19.5 Å². The summed E-state index contributed by atoms with van der Waals surface area (Å²) in [5.41, 5.74) is 1.49. The smallest absolute Gasteiger partial charge is 0.226 e. The quantitative estimate of drug-likeness (QED) is 0.504. The van der Waals surface area contributed by atoms with E-state index in [9.17, 15) is 9.18 Å². The Morgan fingerprint density at radius 2 is 1.75 bits per heavy atom. The maximum Gasteiger partial charge on any atom is 0.226 e. The molecule has 0 aliphatic rings. The largest absolute Gasteiger partial charge is 0.493 e. The molecule has 0 radical (unpaired) electrons. The summed E-state index contributed by atoms with van der Waals surface area (Å²) in [6.07, 6.45) is 1.29. The molecule has 0 fully saturated rings. The van der Waals surface area contributed by atoms with Gasteiger partial charge < -0.3 is 24.1 Å². The van der Waals surface area contributed by atoms with Gasteiger partial charge in [0.1, 0.15) is 5.82 Å². The Balaban J connectivity index is 1.53. The Bertz CT molecular complexity index is 1030. The third-order valence-corrected chi connectivity index (χ3v) is 4.93. The number of hydrogen-bond acceptors (Lipinski definition) is 7. The number of halogens is 1. The minimum Gasteiger partial charge on any atom is -0.493 e. The Morgan fingerprint density at radius 1 is 1.09 bits per heavy atom. The van der Waals surface area contributed by atoms with Crippen LogP contribution in [0.15, 0.2) is 40.9 Å². The van der Waals surface area contributed by atoms with Crippen molar-refractivity contribution in [1.29, 1.82) is 0 Å². The zero-order valence-electron chi connectivity index (χ0n) is 18.5. The first kappa shape index (κ1) is 23.1. The molecule has 0 aliphatic carbocycles. The number of aryl methyl sites for hydroxylation is 1. The number of benzene rings is 2. The van der Waals surface area contributed by atoms with Gasteiger partial charge in [0, 0.05) is 18.4 Å². The number of ether oxygens (including phenoxy) is 3. The number of amides is 1. The molecule has 1 atom stereocenters. The van der Waals surface area contributed by atoms with Crippen LogP contribution in [0.3, 0.4) is 0 Å². The minimum absolute atomic E-state index is 0.107. The van der Waals surface area contributed by atoms with Crippen molar-refractivity contribution in [3.63, 3.8) is 0 Å². The Kier molecular flexibility index (Phi) is 7.64. The van der Waals surface area contributed by atoms with Crippen molar-refractivity contribution in [3.05, 3.63) is 53.7 Å². The molecule has 3 rings (SSSR count). The number of nitrogens with one attached hydrogen (secondary N) is 1. The summed E-state index contributed by atoms with van der Waals surface area (Å²) in [5, 5.41) is 6.87. The summed E-state index contributed by atoms with van der Waals surface area (Å²) in [5.74, 6) is 1.92. The summed E-state index contributed by atoms with van der Waals surface area (Å²) in [7, 11) is 4.63. The van der Waals surface area contributed by atoms with Gasteiger partial charge in [-0.3, -0.25) is 4.79 Å². The van der Waals surface area contributed by atoms with Crippen LogP contribution >= 0.6 is 0 Å². The molecule has 0 aliphatic heterocycles. The Hall–Kier alpha value is -3.62. The van der Waals surface area contributed by atoms with E-state index in [1.165, 1.54) is 19.2 Å². The predicted molar refractivity (Wildman–Crippen MR) is 115 cm³/mol. The molecule has 8 nitrogen and oxygen atoms in total. The lowest BCUT2D eigenvalue weighted by Crippen LogP contribution is -2.26. The van der Waals surface area contributed by atoms with Gasteiger partial charge in [-0.15, -0.1) is 0 Å². The van der Waals surface area contributed by atoms with Gasteiger partial charge in [0.15, 0.2) is 11.5 Å². The molecule has 1 amide bonds. The fraction of sp³-hybridized carbons (Fsp3) is 0.348. The third kappa shape index (κ3) is 5.54. The highest BCUT2D eigenvalue weighted by Crippen LogP contribution is 2.39. The van der Waals surface area contributed by atoms with E-state index in [2.05, 4.69) is 15.5 Å². The first-order valence-electron chi connectivity index (χ1n) is 10.1. The van der Waals surface area contributed by atoms with E-state index in [4.69, 9.17) is 18.7 Å². The number of methoxy groups -OCH3 is 3. The van der Waals surface area contributed by atoms with E-state index in [1.54, 1.807) is 26.4 Å². The lowest BCUT2D eigenvalue weighted by Gasteiger charge is -2.18. The molecule has 0 spiro atoms. The normalized spacial score (nSPS) is 11.7. The Labute approximate surface area is 185 Å². The van der Waals surface area contributed by atoms with E-state index in [-0.39, 0.29) is 17.8 Å². The molecule has 170 valence electrons. The van der Waals surface area contributed by atoms with Gasteiger partial charge in [0.25, 0.3) is 0 Å². The topological polar surface area (TPSA) is 95.7 Å². The molecule has 1 heterocycles. The number of carbonyl (C=O) groups is 1. The number of carbonyl (C=O) groups excluding carboxylic acids is 1. The zero-order valence-corrected chi connectivity index (χ0v) is 18.5. The van der Waals surface area contributed by atoms with Crippen molar-refractivity contribution in [3.8, 4) is 28.6 Å². The van der Waals surface area contributed by atoms with Crippen LogP contribution in [0.4, 0.5) is 4.39 Å². The van der Waals surface area contributed by atoms with Crippen molar-refractivity contribution in [2.24, 2.45) is 0 Å². The van der Waals surface area contributed by atoms with E-state index in [0.717, 1.165) is 5.56 Å². The van der Waals surface area contributed by atoms with Crippen LogP contribution in [-0.2, 0) is 11.2 Å². The number of hydrogen-bond donors (Lipinski definition) is 1. The van der Waals surface area contributed by atoms with Gasteiger partial charge in [-0.2, -0.15) is 4.98 Å². The number of aromatic nitrogens is 2. The summed E-state index contributed by atoms with van der Waals surface area (Å²) in [6.45, 7) is 1.88. The molecule has 1 unspecified atom stereocenters. The lowest BCUT2D eigenvalue weighted by atomic mass is 10.1. The van der Waals surface area contributed by atoms with Crippen LogP contribution in [0, 0.1) is 5.82 Å². The highest BCUT2D eigenvalue weighted by molar-refractivity contribution is 5.76. The molecule has 0 saturated heterocycles. The van der Waals surface area contributed by atoms with E-state index >= 15 is 0 Å². The Morgan fingerprint density at radius 3 is 2.34 bits per heavy atom. The van der Waals surface area contributed by atoms with Crippen LogP contribution in [-0.4, -0.2) is 37.4 Å². The molecular formula is C23H26FN3O5. The SMILES string of the molecule is COc1cc(C(C)NC(=O)CCCc2nc(-c3ccc(F)cc3)no2)cc(OC)c1OC. The lowest BCUT2D eigenvalue weighted by molar-refractivity contribution is -0.121. The van der Waals surface area contributed by atoms with Gasteiger partial charge in [0.2, 0.25) is 23.4 Å². The fourth-order valence-electron chi connectivity index (χ4n) is 3.22. The molecule has 32 heavy (non-hydrogen) atoms. The maximum atomic E-state index is 13.0. The second-order valence-electron chi connectivity index (χ2n) is 7.12. The van der Waals surface area contributed by atoms with Crippen LogP contribution in [0.25, 0.3) is 11.4 Å². The summed E-state index contributed by atoms with van der Waals surface area (Å²) in [6, 6.07) is 9.20. The second kappa shape index (κ2) is 10.6. The number of rotatable bonds is 10.